The lowest BCUT2D eigenvalue weighted by Gasteiger charge is -2.31. The molecule has 0 saturated heterocycles. The van der Waals surface area contributed by atoms with E-state index in [9.17, 15) is 9.59 Å². The molecule has 2 aliphatic heterocycles. The van der Waals surface area contributed by atoms with E-state index in [1.54, 1.807) is 12.2 Å². The molecule has 0 fully saturated rings. The minimum atomic E-state index is -0.245. The third kappa shape index (κ3) is 1.67. The SMILES string of the molecule is CC(=O)C1=CC=CN2C=CC=C(C(C)=O)B12. The number of fused-ring (bicyclic) bond motifs is 1. The summed E-state index contributed by atoms with van der Waals surface area (Å²) in [5, 5.41) is 0. The molecule has 0 aliphatic carbocycles. The van der Waals surface area contributed by atoms with E-state index in [2.05, 4.69) is 0 Å². The Hall–Kier alpha value is -1.84. The van der Waals surface area contributed by atoms with Crippen molar-refractivity contribution in [1.29, 1.82) is 0 Å². The van der Waals surface area contributed by atoms with Crippen molar-refractivity contribution < 1.29 is 9.59 Å². The Morgan fingerprint density at radius 1 is 1.00 bits per heavy atom. The minimum absolute atomic E-state index is 0.00167. The highest BCUT2D eigenvalue weighted by atomic mass is 16.1. The molecule has 0 radical (unpaired) electrons. The number of allylic oxidation sites excluding steroid dienone is 6. The van der Waals surface area contributed by atoms with Crippen molar-refractivity contribution in [1.82, 2.24) is 4.81 Å². The van der Waals surface area contributed by atoms with Gasteiger partial charge in [-0.1, -0.05) is 12.2 Å². The molecule has 0 N–H and O–H groups in total. The summed E-state index contributed by atoms with van der Waals surface area (Å²) >= 11 is 0. The van der Waals surface area contributed by atoms with E-state index >= 15 is 0 Å². The fourth-order valence-corrected chi connectivity index (χ4v) is 2.00. The highest BCUT2D eigenvalue weighted by molar-refractivity contribution is 6.81. The van der Waals surface area contributed by atoms with E-state index in [0.29, 0.717) is 10.9 Å². The number of carbonyl (C=O) groups is 2. The fraction of sp³-hybridized carbons (Fsp3) is 0.167. The standard InChI is InChI=1S/C12H12BNO2/c1-9(15)11-5-3-7-14-8-4-6-12(10(2)16)13(11)14/h3-8H,1-2H3. The number of rotatable bonds is 2. The first-order chi connectivity index (χ1) is 7.61. The predicted octanol–water partition coefficient (Wildman–Crippen LogP) is 1.44. The number of ketones is 2. The van der Waals surface area contributed by atoms with Gasteiger partial charge in [0.25, 0.3) is 0 Å². The van der Waals surface area contributed by atoms with Crippen molar-refractivity contribution >= 4 is 18.4 Å². The first kappa shape index (κ1) is 10.7. The maximum Gasteiger partial charge on any atom is 0.334 e. The van der Waals surface area contributed by atoms with Crippen LogP contribution in [0, 0.1) is 0 Å². The van der Waals surface area contributed by atoms with Crippen LogP contribution in [0.3, 0.4) is 0 Å². The number of nitrogens with zero attached hydrogens (tertiary/aromatic N) is 1. The third-order valence-electron chi connectivity index (χ3n) is 2.77. The van der Waals surface area contributed by atoms with Gasteiger partial charge in [-0.2, -0.15) is 0 Å². The molecule has 0 saturated carbocycles. The molecule has 0 spiro atoms. The molecule has 0 atom stereocenters. The number of carbonyl (C=O) groups excluding carboxylic acids is 2. The second-order valence-corrected chi connectivity index (χ2v) is 3.89. The van der Waals surface area contributed by atoms with E-state index in [0.717, 1.165) is 0 Å². The summed E-state index contributed by atoms with van der Waals surface area (Å²) in [4.78, 5) is 24.9. The van der Waals surface area contributed by atoms with Crippen LogP contribution in [0.4, 0.5) is 0 Å². The van der Waals surface area contributed by atoms with Gasteiger partial charge in [0.05, 0.1) is 0 Å². The third-order valence-corrected chi connectivity index (χ3v) is 2.77. The molecule has 2 rings (SSSR count). The Kier molecular flexibility index (Phi) is 2.65. The maximum atomic E-state index is 11.5. The van der Waals surface area contributed by atoms with Gasteiger partial charge in [-0.25, -0.2) is 0 Å². The smallest absolute Gasteiger partial charge is 0.334 e. The second kappa shape index (κ2) is 3.97. The van der Waals surface area contributed by atoms with Gasteiger partial charge in [0.2, 0.25) is 0 Å². The lowest BCUT2D eigenvalue weighted by Crippen LogP contribution is -2.42. The van der Waals surface area contributed by atoms with Gasteiger partial charge in [-0.3, -0.25) is 9.59 Å². The van der Waals surface area contributed by atoms with Gasteiger partial charge in [0, 0.05) is 0 Å². The molecule has 2 aliphatic rings. The Balaban J connectivity index is 2.46. The Labute approximate surface area is 94.9 Å². The lowest BCUT2D eigenvalue weighted by molar-refractivity contribution is -0.113. The summed E-state index contributed by atoms with van der Waals surface area (Å²) in [6, 6.07) is 0. The van der Waals surface area contributed by atoms with Crippen molar-refractivity contribution in [2.24, 2.45) is 0 Å². The Morgan fingerprint density at radius 2 is 1.44 bits per heavy atom. The molecule has 3 nitrogen and oxygen atoms in total. The second-order valence-electron chi connectivity index (χ2n) is 3.89. The van der Waals surface area contributed by atoms with Gasteiger partial charge in [-0.15, -0.1) is 0 Å². The summed E-state index contributed by atoms with van der Waals surface area (Å²) in [7, 11) is 0. The Morgan fingerprint density at radius 3 is 1.81 bits per heavy atom. The highest BCUT2D eigenvalue weighted by Crippen LogP contribution is 2.24. The fourth-order valence-electron chi connectivity index (χ4n) is 2.00. The topological polar surface area (TPSA) is 37.4 Å². The molecule has 0 aromatic rings. The molecule has 2 heterocycles. The van der Waals surface area contributed by atoms with Crippen LogP contribution in [-0.2, 0) is 9.59 Å². The van der Waals surface area contributed by atoms with Crippen LogP contribution < -0.4 is 0 Å². The molecule has 0 aromatic carbocycles. The molecule has 80 valence electrons. The molecule has 0 amide bonds. The molecular formula is C12H12BNO2. The van der Waals surface area contributed by atoms with Crippen LogP contribution in [-0.4, -0.2) is 23.2 Å². The molecule has 16 heavy (non-hydrogen) atoms. The molecule has 0 aromatic heterocycles. The number of hydrogen-bond donors (Lipinski definition) is 0. The first-order valence-corrected chi connectivity index (χ1v) is 5.17. The minimum Gasteiger partial charge on any atom is -0.389 e. The van der Waals surface area contributed by atoms with Crippen LogP contribution in [0.15, 0.2) is 47.6 Å². The number of hydrogen-bond acceptors (Lipinski definition) is 3. The molecule has 0 unspecified atom stereocenters. The zero-order chi connectivity index (χ0) is 11.7. The van der Waals surface area contributed by atoms with Crippen molar-refractivity contribution in [3.8, 4) is 0 Å². The summed E-state index contributed by atoms with van der Waals surface area (Å²) in [6.07, 6.45) is 10.9. The van der Waals surface area contributed by atoms with Crippen LogP contribution in [0.25, 0.3) is 0 Å². The van der Waals surface area contributed by atoms with Crippen LogP contribution >= 0.6 is 0 Å². The van der Waals surface area contributed by atoms with Gasteiger partial charge in [0.1, 0.15) is 11.6 Å². The van der Waals surface area contributed by atoms with Crippen molar-refractivity contribution in [2.75, 3.05) is 0 Å². The van der Waals surface area contributed by atoms with Crippen molar-refractivity contribution in [3.05, 3.63) is 47.6 Å². The molecule has 0 bridgehead atoms. The normalized spacial score (nSPS) is 17.9. The zero-order valence-electron chi connectivity index (χ0n) is 9.31. The highest BCUT2D eigenvalue weighted by Gasteiger charge is 2.35. The molecule has 4 heteroatoms. The summed E-state index contributed by atoms with van der Waals surface area (Å²) in [5.74, 6) is 0.00333. The van der Waals surface area contributed by atoms with Crippen LogP contribution in [0.5, 0.6) is 0 Å². The van der Waals surface area contributed by atoms with E-state index in [1.165, 1.54) is 13.8 Å². The first-order valence-electron chi connectivity index (χ1n) is 5.17. The van der Waals surface area contributed by atoms with Gasteiger partial charge in [0.15, 0.2) is 0 Å². The monoisotopic (exact) mass is 213 g/mol. The largest absolute Gasteiger partial charge is 0.389 e. The predicted molar refractivity (Wildman–Crippen MR) is 63.4 cm³/mol. The van der Waals surface area contributed by atoms with E-state index < -0.39 is 0 Å². The van der Waals surface area contributed by atoms with E-state index in [4.69, 9.17) is 0 Å². The van der Waals surface area contributed by atoms with E-state index in [1.807, 2.05) is 29.4 Å². The molecular weight excluding hydrogens is 201 g/mol. The lowest BCUT2D eigenvalue weighted by atomic mass is 9.44. The van der Waals surface area contributed by atoms with Crippen molar-refractivity contribution in [2.45, 2.75) is 13.8 Å². The van der Waals surface area contributed by atoms with Gasteiger partial charge >= 0.3 is 6.85 Å². The summed E-state index contributed by atoms with van der Waals surface area (Å²) in [5.41, 5.74) is 1.32. The van der Waals surface area contributed by atoms with Crippen molar-refractivity contribution in [3.63, 3.8) is 0 Å². The number of Topliss-reactive ketones (excluding diaryl/α,β-unsaturated/α-hetero) is 2. The quantitative estimate of drug-likeness (QED) is 0.651. The Bertz CT molecular complexity index is 429. The summed E-state index contributed by atoms with van der Waals surface area (Å²) in [6.45, 7) is 2.81. The average Bonchev–Trinajstić information content (AvgIpc) is 2.27. The van der Waals surface area contributed by atoms with Gasteiger partial charge in [-0.05, 0) is 49.3 Å². The summed E-state index contributed by atoms with van der Waals surface area (Å²) < 4.78 is 0. The average molecular weight is 213 g/mol. The van der Waals surface area contributed by atoms with Crippen LogP contribution in [0.1, 0.15) is 13.8 Å². The van der Waals surface area contributed by atoms with E-state index in [-0.39, 0.29) is 18.4 Å². The zero-order valence-corrected chi connectivity index (χ0v) is 9.31. The van der Waals surface area contributed by atoms with Gasteiger partial charge < -0.3 is 4.81 Å². The van der Waals surface area contributed by atoms with Crippen LogP contribution in [0.2, 0.25) is 0 Å². The maximum absolute atomic E-state index is 11.5.